The average Bonchev–Trinajstić information content (AvgIpc) is 2.31. The van der Waals surface area contributed by atoms with E-state index >= 15 is 0 Å². The van der Waals surface area contributed by atoms with Crippen molar-refractivity contribution in [1.82, 2.24) is 5.32 Å². The van der Waals surface area contributed by atoms with E-state index in [1.807, 2.05) is 0 Å². The van der Waals surface area contributed by atoms with Gasteiger partial charge >= 0.3 is 5.97 Å². The number of benzene rings is 1. The van der Waals surface area contributed by atoms with E-state index in [4.69, 9.17) is 0 Å². The molecular formula is C12H11BrFNO3. The second-order valence-electron chi connectivity index (χ2n) is 3.40. The van der Waals surface area contributed by atoms with E-state index in [9.17, 15) is 14.0 Å². The molecule has 0 aliphatic carbocycles. The minimum Gasteiger partial charge on any atom is -0.464 e. The summed E-state index contributed by atoms with van der Waals surface area (Å²) in [7, 11) is 1.21. The lowest BCUT2D eigenvalue weighted by atomic mass is 10.2. The monoisotopic (exact) mass is 315 g/mol. The Labute approximate surface area is 112 Å². The Hall–Kier alpha value is -1.69. The lowest BCUT2D eigenvalue weighted by Crippen LogP contribution is -2.25. The zero-order valence-electron chi connectivity index (χ0n) is 9.79. The van der Waals surface area contributed by atoms with Gasteiger partial charge in [-0.1, -0.05) is 6.07 Å². The minimum atomic E-state index is -0.675. The number of esters is 1. The molecule has 0 saturated heterocycles. The van der Waals surface area contributed by atoms with Crippen LogP contribution in [0.15, 0.2) is 28.4 Å². The summed E-state index contributed by atoms with van der Waals surface area (Å²) in [5.74, 6) is -1.48. The van der Waals surface area contributed by atoms with Gasteiger partial charge in [0, 0.05) is 6.92 Å². The Balaban J connectivity index is 3.10. The van der Waals surface area contributed by atoms with Gasteiger partial charge in [-0.15, -0.1) is 0 Å². The van der Waals surface area contributed by atoms with Gasteiger partial charge in [-0.25, -0.2) is 9.18 Å². The highest BCUT2D eigenvalue weighted by molar-refractivity contribution is 9.10. The molecular weight excluding hydrogens is 305 g/mol. The largest absolute Gasteiger partial charge is 0.464 e. The highest BCUT2D eigenvalue weighted by Crippen LogP contribution is 2.18. The van der Waals surface area contributed by atoms with Gasteiger partial charge in [0.15, 0.2) is 0 Å². The van der Waals surface area contributed by atoms with Gasteiger partial charge in [-0.2, -0.15) is 0 Å². The molecule has 0 radical (unpaired) electrons. The van der Waals surface area contributed by atoms with Crippen molar-refractivity contribution >= 4 is 33.9 Å². The van der Waals surface area contributed by atoms with E-state index < -0.39 is 17.7 Å². The molecule has 0 aliphatic rings. The van der Waals surface area contributed by atoms with Gasteiger partial charge in [0.05, 0.1) is 11.6 Å². The molecule has 0 aromatic heterocycles. The molecule has 4 nitrogen and oxygen atoms in total. The average molecular weight is 316 g/mol. The molecule has 0 aliphatic heterocycles. The molecule has 18 heavy (non-hydrogen) atoms. The number of hydrogen-bond acceptors (Lipinski definition) is 3. The van der Waals surface area contributed by atoms with Crippen LogP contribution in [0.5, 0.6) is 0 Å². The third-order valence-electron chi connectivity index (χ3n) is 1.97. The van der Waals surface area contributed by atoms with Crippen molar-refractivity contribution in [3.8, 4) is 0 Å². The second-order valence-corrected chi connectivity index (χ2v) is 4.26. The quantitative estimate of drug-likeness (QED) is 0.687. The van der Waals surface area contributed by atoms with E-state index in [2.05, 4.69) is 26.0 Å². The van der Waals surface area contributed by atoms with Crippen LogP contribution in [-0.2, 0) is 14.3 Å². The van der Waals surface area contributed by atoms with E-state index in [1.54, 1.807) is 0 Å². The molecule has 0 atom stereocenters. The fourth-order valence-electron chi connectivity index (χ4n) is 1.21. The second kappa shape index (κ2) is 6.30. The summed E-state index contributed by atoms with van der Waals surface area (Å²) in [5, 5.41) is 2.35. The SMILES string of the molecule is COC(=O)/C(=C/c1ccc(F)c(Br)c1)NC(C)=O. The Morgan fingerprint density at radius 2 is 2.11 bits per heavy atom. The summed E-state index contributed by atoms with van der Waals surface area (Å²) in [6.45, 7) is 1.28. The minimum absolute atomic E-state index is 0.0106. The number of nitrogens with one attached hydrogen (secondary N) is 1. The molecule has 0 spiro atoms. The van der Waals surface area contributed by atoms with E-state index in [0.29, 0.717) is 5.56 Å². The lowest BCUT2D eigenvalue weighted by molar-refractivity contribution is -0.137. The number of amides is 1. The molecule has 1 aromatic carbocycles. The van der Waals surface area contributed by atoms with Crippen molar-refractivity contribution < 1.29 is 18.7 Å². The van der Waals surface area contributed by atoms with Crippen molar-refractivity contribution in [2.75, 3.05) is 7.11 Å². The van der Waals surface area contributed by atoms with Crippen LogP contribution < -0.4 is 5.32 Å². The Bertz CT molecular complexity index is 514. The lowest BCUT2D eigenvalue weighted by Gasteiger charge is -2.06. The maximum Gasteiger partial charge on any atom is 0.354 e. The molecule has 0 heterocycles. The fraction of sp³-hybridized carbons (Fsp3) is 0.167. The first-order chi connectivity index (χ1) is 8.43. The summed E-state index contributed by atoms with van der Waals surface area (Å²) in [6.07, 6.45) is 1.40. The Morgan fingerprint density at radius 1 is 1.44 bits per heavy atom. The van der Waals surface area contributed by atoms with Crippen LogP contribution in [-0.4, -0.2) is 19.0 Å². The molecule has 0 bridgehead atoms. The summed E-state index contributed by atoms with van der Waals surface area (Å²) in [4.78, 5) is 22.4. The molecule has 96 valence electrons. The third-order valence-corrected chi connectivity index (χ3v) is 2.58. The van der Waals surface area contributed by atoms with Crippen molar-refractivity contribution in [3.63, 3.8) is 0 Å². The summed E-state index contributed by atoms with van der Waals surface area (Å²) in [5.41, 5.74) is 0.543. The number of carbonyl (C=O) groups is 2. The van der Waals surface area contributed by atoms with Crippen LogP contribution >= 0.6 is 15.9 Å². The predicted octanol–water partition coefficient (Wildman–Crippen LogP) is 2.24. The van der Waals surface area contributed by atoms with Crippen molar-refractivity contribution in [1.29, 1.82) is 0 Å². The molecule has 0 unspecified atom stereocenters. The van der Waals surface area contributed by atoms with Gasteiger partial charge in [0.2, 0.25) is 5.91 Å². The van der Waals surface area contributed by atoms with Gasteiger partial charge in [0.1, 0.15) is 11.5 Å². The maximum atomic E-state index is 13.0. The third kappa shape index (κ3) is 3.96. The van der Waals surface area contributed by atoms with Crippen LogP contribution in [0.4, 0.5) is 4.39 Å². The summed E-state index contributed by atoms with van der Waals surface area (Å²) in [6, 6.07) is 4.21. The number of carbonyl (C=O) groups excluding carboxylic acids is 2. The maximum absolute atomic E-state index is 13.0. The van der Waals surface area contributed by atoms with Crippen molar-refractivity contribution in [2.45, 2.75) is 6.92 Å². The smallest absolute Gasteiger partial charge is 0.354 e. The zero-order valence-corrected chi connectivity index (χ0v) is 11.4. The Morgan fingerprint density at radius 3 is 2.61 bits per heavy atom. The topological polar surface area (TPSA) is 55.4 Å². The number of halogens is 2. The zero-order chi connectivity index (χ0) is 13.7. The molecule has 1 rings (SSSR count). The molecule has 6 heteroatoms. The molecule has 1 aromatic rings. The number of rotatable bonds is 3. The first kappa shape index (κ1) is 14.4. The molecule has 1 amide bonds. The summed E-state index contributed by atoms with van der Waals surface area (Å²) >= 11 is 3.03. The predicted molar refractivity (Wildman–Crippen MR) is 67.9 cm³/mol. The summed E-state index contributed by atoms with van der Waals surface area (Å²) < 4.78 is 17.8. The molecule has 1 N–H and O–H groups in total. The van der Waals surface area contributed by atoms with Crippen LogP contribution in [0, 0.1) is 5.82 Å². The highest BCUT2D eigenvalue weighted by Gasteiger charge is 2.11. The van der Waals surface area contributed by atoms with Crippen molar-refractivity contribution in [2.24, 2.45) is 0 Å². The fourth-order valence-corrected chi connectivity index (χ4v) is 1.61. The molecule has 0 saturated carbocycles. The highest BCUT2D eigenvalue weighted by atomic mass is 79.9. The van der Waals surface area contributed by atoms with Gasteiger partial charge in [-0.05, 0) is 39.7 Å². The van der Waals surface area contributed by atoms with Crippen LogP contribution in [0.3, 0.4) is 0 Å². The van der Waals surface area contributed by atoms with Crippen molar-refractivity contribution in [3.05, 3.63) is 39.7 Å². The van der Waals surface area contributed by atoms with Crippen LogP contribution in [0.25, 0.3) is 6.08 Å². The van der Waals surface area contributed by atoms with Gasteiger partial charge in [0.25, 0.3) is 0 Å². The van der Waals surface area contributed by atoms with E-state index in [1.165, 1.54) is 38.3 Å². The van der Waals surface area contributed by atoms with E-state index in [0.717, 1.165) is 0 Å². The number of hydrogen-bond donors (Lipinski definition) is 1. The number of ether oxygens (including phenoxy) is 1. The number of methoxy groups -OCH3 is 1. The van der Waals surface area contributed by atoms with Gasteiger partial charge < -0.3 is 10.1 Å². The van der Waals surface area contributed by atoms with E-state index in [-0.39, 0.29) is 10.2 Å². The van der Waals surface area contributed by atoms with Gasteiger partial charge in [-0.3, -0.25) is 4.79 Å². The van der Waals surface area contributed by atoms with Crippen LogP contribution in [0.2, 0.25) is 0 Å². The van der Waals surface area contributed by atoms with Crippen LogP contribution in [0.1, 0.15) is 12.5 Å². The Kier molecular flexibility index (Phi) is 5.03. The normalized spacial score (nSPS) is 11.0. The first-order valence-electron chi connectivity index (χ1n) is 4.96. The molecule has 0 fully saturated rings. The standard InChI is InChI=1S/C12H11BrFNO3/c1-7(16)15-11(12(17)18-2)6-8-3-4-10(14)9(13)5-8/h3-6H,1-2H3,(H,15,16)/b11-6-. The first-order valence-corrected chi connectivity index (χ1v) is 5.76.